The number of anilines is 1. The van der Waals surface area contributed by atoms with E-state index in [4.69, 9.17) is 5.11 Å². The zero-order valence-electron chi connectivity index (χ0n) is 11.8. The minimum Gasteiger partial charge on any atom is -0.481 e. The highest BCUT2D eigenvalue weighted by Crippen LogP contribution is 2.26. The van der Waals surface area contributed by atoms with Crippen LogP contribution < -0.4 is 10.2 Å². The number of benzene rings is 1. The molecule has 1 aromatic carbocycles. The molecule has 0 spiro atoms. The van der Waals surface area contributed by atoms with Crippen molar-refractivity contribution < 1.29 is 19.5 Å². The zero-order chi connectivity index (χ0) is 15.4. The lowest BCUT2D eigenvalue weighted by Crippen LogP contribution is -2.25. The quantitative estimate of drug-likeness (QED) is 0.840. The lowest BCUT2D eigenvalue weighted by Gasteiger charge is -2.17. The van der Waals surface area contributed by atoms with E-state index in [2.05, 4.69) is 5.32 Å². The van der Waals surface area contributed by atoms with Gasteiger partial charge in [0.05, 0.1) is 5.92 Å². The lowest BCUT2D eigenvalue weighted by atomic mass is 10.1. The van der Waals surface area contributed by atoms with E-state index in [-0.39, 0.29) is 24.8 Å². The third-order valence-corrected chi connectivity index (χ3v) is 3.62. The fourth-order valence-corrected chi connectivity index (χ4v) is 2.39. The summed E-state index contributed by atoms with van der Waals surface area (Å²) < 4.78 is 0. The summed E-state index contributed by atoms with van der Waals surface area (Å²) in [4.78, 5) is 35.6. The molecule has 2 N–H and O–H groups in total. The highest BCUT2D eigenvalue weighted by molar-refractivity contribution is 5.99. The predicted molar refractivity (Wildman–Crippen MR) is 76.9 cm³/mol. The van der Waals surface area contributed by atoms with Crippen molar-refractivity contribution in [2.24, 2.45) is 5.92 Å². The van der Waals surface area contributed by atoms with Crippen LogP contribution in [0.25, 0.3) is 0 Å². The van der Waals surface area contributed by atoms with Crippen LogP contribution in [0.15, 0.2) is 24.3 Å². The van der Waals surface area contributed by atoms with Gasteiger partial charge in [0.15, 0.2) is 0 Å². The van der Waals surface area contributed by atoms with Crippen molar-refractivity contribution in [1.29, 1.82) is 0 Å². The fourth-order valence-electron chi connectivity index (χ4n) is 2.39. The van der Waals surface area contributed by atoms with Gasteiger partial charge >= 0.3 is 5.97 Å². The molecule has 112 valence electrons. The standard InChI is InChI=1S/C15H18N2O4/c1-16-13(18)6-5-10-3-2-4-12(7-10)17-9-11(15(20)21)8-14(17)19/h2-4,7,11H,5-6,8-9H2,1H3,(H,16,18)(H,20,21)/t11-/m1/s1. The van der Waals surface area contributed by atoms with E-state index in [1.807, 2.05) is 18.2 Å². The number of amides is 2. The maximum Gasteiger partial charge on any atom is 0.308 e. The maximum absolute atomic E-state index is 11.9. The van der Waals surface area contributed by atoms with Gasteiger partial charge in [0.25, 0.3) is 0 Å². The van der Waals surface area contributed by atoms with Gasteiger partial charge in [-0.05, 0) is 24.1 Å². The zero-order valence-corrected chi connectivity index (χ0v) is 11.8. The first-order chi connectivity index (χ1) is 10.0. The van der Waals surface area contributed by atoms with Crippen LogP contribution in [0.1, 0.15) is 18.4 Å². The highest BCUT2D eigenvalue weighted by Gasteiger charge is 2.34. The first kappa shape index (κ1) is 15.0. The number of aryl methyl sites for hydroxylation is 1. The van der Waals surface area contributed by atoms with E-state index in [1.165, 1.54) is 4.90 Å². The van der Waals surface area contributed by atoms with Gasteiger partial charge in [-0.15, -0.1) is 0 Å². The van der Waals surface area contributed by atoms with Gasteiger partial charge in [0.2, 0.25) is 11.8 Å². The largest absolute Gasteiger partial charge is 0.481 e. The molecule has 1 fully saturated rings. The molecule has 2 amide bonds. The monoisotopic (exact) mass is 290 g/mol. The number of aliphatic carboxylic acids is 1. The molecule has 6 heteroatoms. The SMILES string of the molecule is CNC(=O)CCc1cccc(N2C[C@H](C(=O)O)CC2=O)c1. The van der Waals surface area contributed by atoms with E-state index in [0.717, 1.165) is 5.56 Å². The van der Waals surface area contributed by atoms with Crippen LogP contribution in [-0.4, -0.2) is 36.5 Å². The van der Waals surface area contributed by atoms with Crippen molar-refractivity contribution in [2.75, 3.05) is 18.5 Å². The van der Waals surface area contributed by atoms with E-state index >= 15 is 0 Å². The number of rotatable bonds is 5. The average Bonchev–Trinajstić information content (AvgIpc) is 2.87. The Hall–Kier alpha value is -2.37. The topological polar surface area (TPSA) is 86.7 Å². The Kier molecular flexibility index (Phi) is 4.57. The van der Waals surface area contributed by atoms with E-state index in [1.54, 1.807) is 13.1 Å². The summed E-state index contributed by atoms with van der Waals surface area (Å²) in [5, 5.41) is 11.6. The van der Waals surface area contributed by atoms with Gasteiger partial charge in [-0.1, -0.05) is 12.1 Å². The summed E-state index contributed by atoms with van der Waals surface area (Å²) in [5.74, 6) is -1.80. The Labute approximate surface area is 122 Å². The number of hydrogen-bond donors (Lipinski definition) is 2. The molecule has 0 unspecified atom stereocenters. The number of carboxylic acids is 1. The fraction of sp³-hybridized carbons (Fsp3) is 0.400. The second kappa shape index (κ2) is 6.39. The Morgan fingerprint density at radius 1 is 1.43 bits per heavy atom. The number of carboxylic acid groups (broad SMARTS) is 1. The van der Waals surface area contributed by atoms with Gasteiger partial charge in [0.1, 0.15) is 0 Å². The molecule has 0 aliphatic carbocycles. The number of hydrogen-bond acceptors (Lipinski definition) is 3. The number of carbonyl (C=O) groups is 3. The highest BCUT2D eigenvalue weighted by atomic mass is 16.4. The summed E-state index contributed by atoms with van der Waals surface area (Å²) in [5.41, 5.74) is 1.64. The van der Waals surface area contributed by atoms with Gasteiger partial charge in [-0.3, -0.25) is 14.4 Å². The summed E-state index contributed by atoms with van der Waals surface area (Å²) in [7, 11) is 1.59. The molecule has 0 bridgehead atoms. The van der Waals surface area contributed by atoms with Crippen LogP contribution in [0.5, 0.6) is 0 Å². The van der Waals surface area contributed by atoms with Gasteiger partial charge in [0, 0.05) is 32.1 Å². The van der Waals surface area contributed by atoms with Gasteiger partial charge in [-0.2, -0.15) is 0 Å². The van der Waals surface area contributed by atoms with Crippen molar-refractivity contribution in [3.63, 3.8) is 0 Å². The van der Waals surface area contributed by atoms with E-state index < -0.39 is 11.9 Å². The van der Waals surface area contributed by atoms with Crippen molar-refractivity contribution >= 4 is 23.5 Å². The molecule has 6 nitrogen and oxygen atoms in total. The molecule has 0 radical (unpaired) electrons. The average molecular weight is 290 g/mol. The van der Waals surface area contributed by atoms with Crippen LogP contribution in [0, 0.1) is 5.92 Å². The smallest absolute Gasteiger partial charge is 0.308 e. The first-order valence-corrected chi connectivity index (χ1v) is 6.84. The maximum atomic E-state index is 11.9. The Morgan fingerprint density at radius 3 is 2.81 bits per heavy atom. The van der Waals surface area contributed by atoms with E-state index in [9.17, 15) is 14.4 Å². The van der Waals surface area contributed by atoms with Crippen molar-refractivity contribution in [1.82, 2.24) is 5.32 Å². The van der Waals surface area contributed by atoms with Crippen LogP contribution in [0.4, 0.5) is 5.69 Å². The molecule has 0 saturated carbocycles. The number of nitrogens with zero attached hydrogens (tertiary/aromatic N) is 1. The minimum absolute atomic E-state index is 0.0383. The molecular formula is C15H18N2O4. The minimum atomic E-state index is -0.943. The molecule has 1 aliphatic heterocycles. The molecule has 1 heterocycles. The number of nitrogens with one attached hydrogen (secondary N) is 1. The molecule has 1 aliphatic rings. The Bertz CT molecular complexity index is 571. The molecule has 1 aromatic rings. The number of carbonyl (C=O) groups excluding carboxylic acids is 2. The molecular weight excluding hydrogens is 272 g/mol. The van der Waals surface area contributed by atoms with Crippen molar-refractivity contribution in [2.45, 2.75) is 19.3 Å². The lowest BCUT2D eigenvalue weighted by molar-refractivity contribution is -0.141. The van der Waals surface area contributed by atoms with Crippen molar-refractivity contribution in [3.05, 3.63) is 29.8 Å². The van der Waals surface area contributed by atoms with E-state index in [0.29, 0.717) is 18.5 Å². The van der Waals surface area contributed by atoms with Crippen LogP contribution in [0.3, 0.4) is 0 Å². The molecule has 21 heavy (non-hydrogen) atoms. The summed E-state index contributed by atoms with van der Waals surface area (Å²) in [6, 6.07) is 7.33. The molecule has 1 atom stereocenters. The Morgan fingerprint density at radius 2 is 2.19 bits per heavy atom. The second-order valence-electron chi connectivity index (χ2n) is 5.09. The van der Waals surface area contributed by atoms with Crippen molar-refractivity contribution in [3.8, 4) is 0 Å². The third kappa shape index (κ3) is 3.59. The molecule has 2 rings (SSSR count). The summed E-state index contributed by atoms with van der Waals surface area (Å²) in [6.07, 6.45) is 1.00. The van der Waals surface area contributed by atoms with Crippen LogP contribution >= 0.6 is 0 Å². The summed E-state index contributed by atoms with van der Waals surface area (Å²) >= 11 is 0. The normalized spacial score (nSPS) is 17.9. The molecule has 1 saturated heterocycles. The first-order valence-electron chi connectivity index (χ1n) is 6.84. The van der Waals surface area contributed by atoms with Crippen LogP contribution in [-0.2, 0) is 20.8 Å². The second-order valence-corrected chi connectivity index (χ2v) is 5.09. The van der Waals surface area contributed by atoms with Crippen LogP contribution in [0.2, 0.25) is 0 Å². The predicted octanol–water partition coefficient (Wildman–Crippen LogP) is 0.803. The summed E-state index contributed by atoms with van der Waals surface area (Å²) in [6.45, 7) is 0.201. The Balaban J connectivity index is 2.09. The third-order valence-electron chi connectivity index (χ3n) is 3.62. The molecule has 0 aromatic heterocycles. The van der Waals surface area contributed by atoms with Gasteiger partial charge in [-0.25, -0.2) is 0 Å². The van der Waals surface area contributed by atoms with Gasteiger partial charge < -0.3 is 15.3 Å².